The second-order valence-corrected chi connectivity index (χ2v) is 6.28. The molecule has 6 heteroatoms. The SMILES string of the molecule is Cl.OCCN(Cc1ccccc1)CC(O)COc1ccc(Br)cc1. The number of hydrogen-bond donors (Lipinski definition) is 2. The molecule has 0 bridgehead atoms. The molecule has 0 aromatic heterocycles. The molecule has 2 N–H and O–H groups in total. The van der Waals surface area contributed by atoms with Gasteiger partial charge in [-0.25, -0.2) is 0 Å². The highest BCUT2D eigenvalue weighted by molar-refractivity contribution is 9.10. The summed E-state index contributed by atoms with van der Waals surface area (Å²) in [6.45, 7) is 1.94. The van der Waals surface area contributed by atoms with Crippen molar-refractivity contribution in [1.29, 1.82) is 0 Å². The zero-order valence-corrected chi connectivity index (χ0v) is 15.7. The largest absolute Gasteiger partial charge is 0.491 e. The van der Waals surface area contributed by atoms with Crippen molar-refractivity contribution >= 4 is 28.3 Å². The van der Waals surface area contributed by atoms with Crippen LogP contribution in [-0.2, 0) is 6.54 Å². The quantitative estimate of drug-likeness (QED) is 0.659. The highest BCUT2D eigenvalue weighted by atomic mass is 79.9. The molecule has 0 aliphatic carbocycles. The summed E-state index contributed by atoms with van der Waals surface area (Å²) in [5.41, 5.74) is 1.15. The number of halogens is 2. The number of hydrogen-bond acceptors (Lipinski definition) is 4. The molecule has 4 nitrogen and oxygen atoms in total. The zero-order chi connectivity index (χ0) is 16.5. The summed E-state index contributed by atoms with van der Waals surface area (Å²) in [6.07, 6.45) is -0.617. The maximum Gasteiger partial charge on any atom is 0.119 e. The summed E-state index contributed by atoms with van der Waals surface area (Å²) in [5, 5.41) is 19.4. The predicted octanol–water partition coefficient (Wildman–Crippen LogP) is 3.11. The van der Waals surface area contributed by atoms with Crippen molar-refractivity contribution in [3.05, 3.63) is 64.6 Å². The van der Waals surface area contributed by atoms with E-state index in [0.29, 0.717) is 19.6 Å². The monoisotopic (exact) mass is 415 g/mol. The lowest BCUT2D eigenvalue weighted by Crippen LogP contribution is -2.37. The molecule has 0 radical (unpaired) electrons. The zero-order valence-electron chi connectivity index (χ0n) is 13.3. The Morgan fingerprint density at radius 1 is 1.04 bits per heavy atom. The number of rotatable bonds is 9. The average molecular weight is 417 g/mol. The number of aliphatic hydroxyl groups excluding tert-OH is 2. The molecular weight excluding hydrogens is 394 g/mol. The van der Waals surface area contributed by atoms with Gasteiger partial charge in [-0.15, -0.1) is 12.4 Å². The average Bonchev–Trinajstić information content (AvgIpc) is 2.55. The molecule has 0 aliphatic rings. The maximum absolute atomic E-state index is 10.2. The lowest BCUT2D eigenvalue weighted by atomic mass is 10.2. The first-order chi connectivity index (χ1) is 11.2. The van der Waals surface area contributed by atoms with Crippen LogP contribution in [-0.4, -0.2) is 47.5 Å². The second-order valence-electron chi connectivity index (χ2n) is 5.36. The first kappa shape index (κ1) is 20.9. The fourth-order valence-electron chi connectivity index (χ4n) is 2.29. The Morgan fingerprint density at radius 2 is 1.71 bits per heavy atom. The van der Waals surface area contributed by atoms with E-state index < -0.39 is 6.10 Å². The molecule has 2 aromatic rings. The van der Waals surface area contributed by atoms with Crippen molar-refractivity contribution in [2.75, 3.05) is 26.3 Å². The Hall–Kier alpha value is -1.11. The number of nitrogens with zero attached hydrogens (tertiary/aromatic N) is 1. The first-order valence-corrected chi connectivity index (χ1v) is 8.40. The van der Waals surface area contributed by atoms with Crippen LogP contribution >= 0.6 is 28.3 Å². The van der Waals surface area contributed by atoms with Gasteiger partial charge in [-0.1, -0.05) is 46.3 Å². The number of benzene rings is 2. The molecular formula is C18H23BrClNO3. The van der Waals surface area contributed by atoms with E-state index in [-0.39, 0.29) is 25.6 Å². The van der Waals surface area contributed by atoms with E-state index in [0.717, 1.165) is 15.8 Å². The number of ether oxygens (including phenoxy) is 1. The molecule has 0 saturated heterocycles. The van der Waals surface area contributed by atoms with Gasteiger partial charge in [0.1, 0.15) is 18.5 Å². The van der Waals surface area contributed by atoms with Crippen LogP contribution in [0.2, 0.25) is 0 Å². The van der Waals surface area contributed by atoms with Crippen LogP contribution in [0.25, 0.3) is 0 Å². The van der Waals surface area contributed by atoms with Crippen molar-refractivity contribution in [3.63, 3.8) is 0 Å². The Balaban J connectivity index is 0.00000288. The Morgan fingerprint density at radius 3 is 2.33 bits per heavy atom. The third-order valence-electron chi connectivity index (χ3n) is 3.39. The summed E-state index contributed by atoms with van der Waals surface area (Å²) < 4.78 is 6.58. The van der Waals surface area contributed by atoms with Crippen LogP contribution in [0.5, 0.6) is 5.75 Å². The summed E-state index contributed by atoms with van der Waals surface area (Å²) in [7, 11) is 0. The van der Waals surface area contributed by atoms with Crippen molar-refractivity contribution < 1.29 is 14.9 Å². The van der Waals surface area contributed by atoms with Gasteiger partial charge >= 0.3 is 0 Å². The van der Waals surface area contributed by atoms with Gasteiger partial charge < -0.3 is 14.9 Å². The molecule has 132 valence electrons. The molecule has 0 heterocycles. The van der Waals surface area contributed by atoms with E-state index in [1.54, 1.807) is 0 Å². The van der Waals surface area contributed by atoms with Crippen molar-refractivity contribution in [1.82, 2.24) is 4.90 Å². The van der Waals surface area contributed by atoms with Gasteiger partial charge in [-0.3, -0.25) is 4.90 Å². The topological polar surface area (TPSA) is 52.9 Å². The van der Waals surface area contributed by atoms with Crippen LogP contribution in [0.4, 0.5) is 0 Å². The summed E-state index contributed by atoms with van der Waals surface area (Å²) >= 11 is 3.37. The molecule has 24 heavy (non-hydrogen) atoms. The lowest BCUT2D eigenvalue weighted by Gasteiger charge is -2.24. The van der Waals surface area contributed by atoms with Crippen molar-refractivity contribution in [3.8, 4) is 5.75 Å². The minimum atomic E-state index is -0.617. The van der Waals surface area contributed by atoms with Crippen LogP contribution in [0, 0.1) is 0 Å². The normalized spacial score (nSPS) is 11.8. The van der Waals surface area contributed by atoms with Gasteiger partial charge in [0, 0.05) is 24.1 Å². The molecule has 0 fully saturated rings. The molecule has 0 spiro atoms. The standard InChI is InChI=1S/C18H22BrNO3.ClH/c19-16-6-8-18(9-7-16)23-14-17(22)13-20(10-11-21)12-15-4-2-1-3-5-15;/h1-9,17,21-22H,10-14H2;1H. The summed E-state index contributed by atoms with van der Waals surface area (Å²) in [4.78, 5) is 2.02. The molecule has 0 saturated carbocycles. The van der Waals surface area contributed by atoms with Crippen LogP contribution < -0.4 is 4.74 Å². The highest BCUT2D eigenvalue weighted by Crippen LogP contribution is 2.16. The van der Waals surface area contributed by atoms with Gasteiger partial charge in [0.15, 0.2) is 0 Å². The van der Waals surface area contributed by atoms with Crippen molar-refractivity contribution in [2.24, 2.45) is 0 Å². The fourth-order valence-corrected chi connectivity index (χ4v) is 2.56. The molecule has 1 atom stereocenters. The Labute approximate surface area is 157 Å². The third-order valence-corrected chi connectivity index (χ3v) is 3.92. The van der Waals surface area contributed by atoms with Gasteiger partial charge in [0.25, 0.3) is 0 Å². The lowest BCUT2D eigenvalue weighted by molar-refractivity contribution is 0.0590. The van der Waals surface area contributed by atoms with E-state index >= 15 is 0 Å². The molecule has 1 unspecified atom stereocenters. The Kier molecular flexibility index (Phi) is 9.98. The van der Waals surface area contributed by atoms with E-state index in [9.17, 15) is 10.2 Å². The number of aliphatic hydroxyl groups is 2. The van der Waals surface area contributed by atoms with Crippen molar-refractivity contribution in [2.45, 2.75) is 12.6 Å². The second kappa shape index (κ2) is 11.4. The predicted molar refractivity (Wildman–Crippen MR) is 102 cm³/mol. The third kappa shape index (κ3) is 7.64. The van der Waals surface area contributed by atoms with Gasteiger partial charge in [0.05, 0.1) is 6.61 Å². The Bertz CT molecular complexity index is 568. The molecule has 2 rings (SSSR count). The minimum absolute atomic E-state index is 0. The van der Waals surface area contributed by atoms with Crippen LogP contribution in [0.15, 0.2) is 59.1 Å². The molecule has 2 aromatic carbocycles. The minimum Gasteiger partial charge on any atom is -0.491 e. The molecule has 0 amide bonds. The smallest absolute Gasteiger partial charge is 0.119 e. The first-order valence-electron chi connectivity index (χ1n) is 7.61. The van der Waals surface area contributed by atoms with Gasteiger partial charge in [-0.2, -0.15) is 0 Å². The van der Waals surface area contributed by atoms with E-state index in [1.807, 2.05) is 59.5 Å². The van der Waals surface area contributed by atoms with E-state index in [2.05, 4.69) is 15.9 Å². The van der Waals surface area contributed by atoms with Gasteiger partial charge in [-0.05, 0) is 29.8 Å². The van der Waals surface area contributed by atoms with Crippen LogP contribution in [0.3, 0.4) is 0 Å². The summed E-state index contributed by atoms with van der Waals surface area (Å²) in [5.74, 6) is 0.726. The highest BCUT2D eigenvalue weighted by Gasteiger charge is 2.13. The molecule has 0 aliphatic heterocycles. The van der Waals surface area contributed by atoms with E-state index in [1.165, 1.54) is 0 Å². The van der Waals surface area contributed by atoms with Gasteiger partial charge in [0.2, 0.25) is 0 Å². The summed E-state index contributed by atoms with van der Waals surface area (Å²) in [6, 6.07) is 17.5. The van der Waals surface area contributed by atoms with E-state index in [4.69, 9.17) is 4.74 Å². The fraction of sp³-hybridized carbons (Fsp3) is 0.333. The van der Waals surface area contributed by atoms with Crippen LogP contribution in [0.1, 0.15) is 5.56 Å². The maximum atomic E-state index is 10.2.